The summed E-state index contributed by atoms with van der Waals surface area (Å²) in [7, 11) is 0. The highest BCUT2D eigenvalue weighted by Crippen LogP contribution is 2.27. The highest BCUT2D eigenvalue weighted by molar-refractivity contribution is 5.95. The molecular weight excluding hydrogens is 330 g/mol. The number of allylic oxidation sites excluding steroid dienone is 1. The fourth-order valence-corrected chi connectivity index (χ4v) is 2.83. The third-order valence-electron chi connectivity index (χ3n) is 4.06. The zero-order valence-corrected chi connectivity index (χ0v) is 14.5. The van der Waals surface area contributed by atoms with Crippen LogP contribution >= 0.6 is 0 Å². The fourth-order valence-electron chi connectivity index (χ4n) is 2.83. The van der Waals surface area contributed by atoms with Crippen LogP contribution < -0.4 is 16.0 Å². The van der Waals surface area contributed by atoms with Gasteiger partial charge in [0, 0.05) is 17.9 Å². The molecule has 6 nitrogen and oxygen atoms in total. The standard InChI is InChI=1S/C20H21N3O3/c1-14-17(18(23-20(25)22-14)15-8-4-2-5-9-15)19(24)26-13-12-21-16-10-6-3-7-11-16/h2-11,18,21H,12-13H2,1H3,(H2,22,23,25). The van der Waals surface area contributed by atoms with Gasteiger partial charge in [0.05, 0.1) is 11.6 Å². The average molecular weight is 351 g/mol. The third kappa shape index (κ3) is 4.22. The summed E-state index contributed by atoms with van der Waals surface area (Å²) < 4.78 is 5.41. The molecule has 3 rings (SSSR count). The van der Waals surface area contributed by atoms with Crippen molar-refractivity contribution in [3.05, 3.63) is 77.5 Å². The molecular formula is C20H21N3O3. The molecule has 3 N–H and O–H groups in total. The first kappa shape index (κ1) is 17.5. The summed E-state index contributed by atoms with van der Waals surface area (Å²) >= 11 is 0. The number of hydrogen-bond acceptors (Lipinski definition) is 4. The van der Waals surface area contributed by atoms with E-state index >= 15 is 0 Å². The normalized spacial score (nSPS) is 16.5. The van der Waals surface area contributed by atoms with Gasteiger partial charge in [-0.3, -0.25) is 0 Å². The maximum Gasteiger partial charge on any atom is 0.338 e. The number of hydrogen-bond donors (Lipinski definition) is 3. The summed E-state index contributed by atoms with van der Waals surface area (Å²) in [5, 5.41) is 8.61. The summed E-state index contributed by atoms with van der Waals surface area (Å²) in [6.07, 6.45) is 0. The Morgan fingerprint density at radius 3 is 2.42 bits per heavy atom. The fraction of sp³-hybridized carbons (Fsp3) is 0.200. The van der Waals surface area contributed by atoms with Crippen LogP contribution in [0.25, 0.3) is 0 Å². The number of amides is 2. The van der Waals surface area contributed by atoms with Gasteiger partial charge >= 0.3 is 12.0 Å². The van der Waals surface area contributed by atoms with E-state index in [1.54, 1.807) is 6.92 Å². The largest absolute Gasteiger partial charge is 0.460 e. The van der Waals surface area contributed by atoms with Gasteiger partial charge in [0.1, 0.15) is 6.61 Å². The van der Waals surface area contributed by atoms with E-state index in [1.807, 2.05) is 60.7 Å². The number of carbonyl (C=O) groups excluding carboxylic acids is 2. The Morgan fingerprint density at radius 2 is 1.73 bits per heavy atom. The van der Waals surface area contributed by atoms with E-state index in [4.69, 9.17) is 4.74 Å². The van der Waals surface area contributed by atoms with Crippen molar-refractivity contribution in [1.82, 2.24) is 10.6 Å². The van der Waals surface area contributed by atoms with Gasteiger partial charge in [-0.2, -0.15) is 0 Å². The van der Waals surface area contributed by atoms with Gasteiger partial charge in [-0.15, -0.1) is 0 Å². The smallest absolute Gasteiger partial charge is 0.338 e. The van der Waals surface area contributed by atoms with Crippen LogP contribution in [0.2, 0.25) is 0 Å². The Kier molecular flexibility index (Phi) is 5.53. The zero-order valence-electron chi connectivity index (χ0n) is 14.5. The van der Waals surface area contributed by atoms with E-state index in [-0.39, 0.29) is 12.6 Å². The molecule has 1 aliphatic rings. The molecule has 0 saturated heterocycles. The molecule has 0 aliphatic carbocycles. The predicted molar refractivity (Wildman–Crippen MR) is 99.4 cm³/mol. The lowest BCUT2D eigenvalue weighted by Crippen LogP contribution is -2.45. The molecule has 2 aromatic carbocycles. The van der Waals surface area contributed by atoms with Gasteiger partial charge in [0.2, 0.25) is 0 Å². The van der Waals surface area contributed by atoms with Crippen molar-refractivity contribution >= 4 is 17.7 Å². The van der Waals surface area contributed by atoms with Gasteiger partial charge in [0.15, 0.2) is 0 Å². The van der Waals surface area contributed by atoms with E-state index in [0.717, 1.165) is 11.3 Å². The second kappa shape index (κ2) is 8.20. The van der Waals surface area contributed by atoms with Crippen LogP contribution in [0.15, 0.2) is 71.9 Å². The molecule has 0 aromatic heterocycles. The minimum absolute atomic E-state index is 0.222. The lowest BCUT2D eigenvalue weighted by Gasteiger charge is -2.28. The van der Waals surface area contributed by atoms with Crippen molar-refractivity contribution < 1.29 is 14.3 Å². The Hall–Kier alpha value is -3.28. The molecule has 2 amide bonds. The molecule has 6 heteroatoms. The van der Waals surface area contributed by atoms with Gasteiger partial charge in [-0.05, 0) is 24.6 Å². The number of ether oxygens (including phenoxy) is 1. The van der Waals surface area contributed by atoms with E-state index in [2.05, 4.69) is 16.0 Å². The predicted octanol–water partition coefficient (Wildman–Crippen LogP) is 2.97. The van der Waals surface area contributed by atoms with Crippen LogP contribution in [-0.4, -0.2) is 25.2 Å². The molecule has 1 unspecified atom stereocenters. The van der Waals surface area contributed by atoms with Crippen molar-refractivity contribution in [2.24, 2.45) is 0 Å². The van der Waals surface area contributed by atoms with Crippen molar-refractivity contribution in [3.8, 4) is 0 Å². The van der Waals surface area contributed by atoms with Gasteiger partial charge in [0.25, 0.3) is 0 Å². The molecule has 26 heavy (non-hydrogen) atoms. The molecule has 2 aromatic rings. The molecule has 1 heterocycles. The third-order valence-corrected chi connectivity index (χ3v) is 4.06. The second-order valence-electron chi connectivity index (χ2n) is 5.91. The van der Waals surface area contributed by atoms with Gasteiger partial charge in [-0.1, -0.05) is 48.5 Å². The molecule has 0 fully saturated rings. The minimum Gasteiger partial charge on any atom is -0.460 e. The molecule has 134 valence electrons. The summed E-state index contributed by atoms with van der Waals surface area (Å²) in [6.45, 7) is 2.42. The topological polar surface area (TPSA) is 79.5 Å². The number of para-hydroxylation sites is 1. The highest BCUT2D eigenvalue weighted by atomic mass is 16.5. The number of anilines is 1. The maximum atomic E-state index is 12.6. The monoisotopic (exact) mass is 351 g/mol. The Bertz CT molecular complexity index is 804. The Balaban J connectivity index is 1.65. The van der Waals surface area contributed by atoms with E-state index in [9.17, 15) is 9.59 Å². The van der Waals surface area contributed by atoms with E-state index in [0.29, 0.717) is 17.8 Å². The second-order valence-corrected chi connectivity index (χ2v) is 5.91. The number of benzene rings is 2. The first-order valence-corrected chi connectivity index (χ1v) is 8.44. The summed E-state index contributed by atoms with van der Waals surface area (Å²) in [4.78, 5) is 24.4. The lowest BCUT2D eigenvalue weighted by molar-refractivity contribution is -0.139. The van der Waals surface area contributed by atoms with E-state index in [1.165, 1.54) is 0 Å². The van der Waals surface area contributed by atoms with E-state index < -0.39 is 12.0 Å². The minimum atomic E-state index is -0.528. The summed E-state index contributed by atoms with van der Waals surface area (Å²) in [5.41, 5.74) is 2.71. The Labute approximate surface area is 152 Å². The Morgan fingerprint density at radius 1 is 1.08 bits per heavy atom. The number of rotatable bonds is 6. The van der Waals surface area contributed by atoms with Crippen molar-refractivity contribution in [2.75, 3.05) is 18.5 Å². The van der Waals surface area contributed by atoms with Crippen LogP contribution in [-0.2, 0) is 9.53 Å². The van der Waals surface area contributed by atoms with Crippen molar-refractivity contribution in [3.63, 3.8) is 0 Å². The van der Waals surface area contributed by atoms with Crippen molar-refractivity contribution in [1.29, 1.82) is 0 Å². The van der Waals surface area contributed by atoms with Crippen LogP contribution in [0.1, 0.15) is 18.5 Å². The zero-order chi connectivity index (χ0) is 18.4. The first-order valence-electron chi connectivity index (χ1n) is 8.44. The van der Waals surface area contributed by atoms with Crippen molar-refractivity contribution in [2.45, 2.75) is 13.0 Å². The molecule has 0 bridgehead atoms. The number of carbonyl (C=O) groups is 2. The molecule has 0 spiro atoms. The highest BCUT2D eigenvalue weighted by Gasteiger charge is 2.31. The van der Waals surface area contributed by atoms with Crippen LogP contribution in [0.5, 0.6) is 0 Å². The van der Waals surface area contributed by atoms with Crippen LogP contribution in [0, 0.1) is 0 Å². The number of nitrogens with one attached hydrogen (secondary N) is 3. The molecule has 0 saturated carbocycles. The van der Waals surface area contributed by atoms with Crippen LogP contribution in [0.3, 0.4) is 0 Å². The molecule has 1 atom stereocenters. The SMILES string of the molecule is CC1=C(C(=O)OCCNc2ccccc2)C(c2ccccc2)NC(=O)N1. The molecule has 0 radical (unpaired) electrons. The first-order chi connectivity index (χ1) is 12.6. The number of esters is 1. The van der Waals surface area contributed by atoms with Gasteiger partial charge in [-0.25, -0.2) is 9.59 Å². The van der Waals surface area contributed by atoms with Crippen LogP contribution in [0.4, 0.5) is 10.5 Å². The van der Waals surface area contributed by atoms with Gasteiger partial charge < -0.3 is 20.7 Å². The summed E-state index contributed by atoms with van der Waals surface area (Å²) in [5.74, 6) is -0.446. The number of urea groups is 1. The lowest BCUT2D eigenvalue weighted by atomic mass is 9.96. The quantitative estimate of drug-likeness (QED) is 0.552. The average Bonchev–Trinajstić information content (AvgIpc) is 2.66. The molecule has 1 aliphatic heterocycles. The maximum absolute atomic E-state index is 12.6. The summed E-state index contributed by atoms with van der Waals surface area (Å²) in [6, 6.07) is 18.2.